The van der Waals surface area contributed by atoms with Gasteiger partial charge in [-0.15, -0.1) is 0 Å². The second kappa shape index (κ2) is 7.74. The van der Waals surface area contributed by atoms with Crippen LogP contribution in [0.15, 0.2) is 60.7 Å². The lowest BCUT2D eigenvalue weighted by atomic mass is 9.85. The van der Waals surface area contributed by atoms with E-state index in [0.29, 0.717) is 23.7 Å². The van der Waals surface area contributed by atoms with E-state index < -0.39 is 5.60 Å². The first kappa shape index (κ1) is 17.5. The molecule has 2 aromatic carbocycles. The molecule has 0 saturated heterocycles. The number of methoxy groups -OCH3 is 1. The monoisotopic (exact) mass is 355 g/mol. The zero-order valence-corrected chi connectivity index (χ0v) is 14.9. The van der Waals surface area contributed by atoms with Crippen molar-refractivity contribution >= 4 is 12.2 Å². The molecule has 3 aromatic rings. The normalized spacial score (nSPS) is 11.6. The Bertz CT molecular complexity index is 820. The van der Waals surface area contributed by atoms with E-state index in [1.54, 1.807) is 7.11 Å². The SMILES string of the molecule is COCCCn1c(C(O)(c2ccccc2)c2ccccc2)n[nH]c1=S. The summed E-state index contributed by atoms with van der Waals surface area (Å²) in [4.78, 5) is 0. The smallest absolute Gasteiger partial charge is 0.195 e. The molecule has 0 aliphatic heterocycles. The number of nitrogens with one attached hydrogen (secondary N) is 1. The fourth-order valence-corrected chi connectivity index (χ4v) is 3.18. The largest absolute Gasteiger partial charge is 0.385 e. The van der Waals surface area contributed by atoms with Gasteiger partial charge in [0.15, 0.2) is 16.2 Å². The molecule has 0 spiro atoms. The number of H-pyrrole nitrogens is 1. The van der Waals surface area contributed by atoms with Gasteiger partial charge in [-0.25, -0.2) is 0 Å². The molecule has 0 unspecified atom stereocenters. The van der Waals surface area contributed by atoms with E-state index in [-0.39, 0.29) is 0 Å². The van der Waals surface area contributed by atoms with Crippen molar-refractivity contribution in [2.24, 2.45) is 0 Å². The highest BCUT2D eigenvalue weighted by Gasteiger charge is 2.38. The molecule has 25 heavy (non-hydrogen) atoms. The number of hydrogen-bond acceptors (Lipinski definition) is 4. The molecule has 0 amide bonds. The van der Waals surface area contributed by atoms with E-state index in [1.807, 2.05) is 65.2 Å². The minimum Gasteiger partial charge on any atom is -0.385 e. The molecule has 0 fully saturated rings. The third kappa shape index (κ3) is 3.42. The van der Waals surface area contributed by atoms with Crippen molar-refractivity contribution in [3.05, 3.63) is 82.4 Å². The van der Waals surface area contributed by atoms with Crippen molar-refractivity contribution in [2.75, 3.05) is 13.7 Å². The summed E-state index contributed by atoms with van der Waals surface area (Å²) in [6.45, 7) is 1.22. The van der Waals surface area contributed by atoms with E-state index in [1.165, 1.54) is 0 Å². The van der Waals surface area contributed by atoms with Crippen molar-refractivity contribution in [1.29, 1.82) is 0 Å². The molecule has 0 atom stereocenters. The van der Waals surface area contributed by atoms with Crippen LogP contribution in [0.3, 0.4) is 0 Å². The molecular formula is C19H21N3O2S. The number of nitrogens with zero attached hydrogens (tertiary/aromatic N) is 2. The average Bonchev–Trinajstić information content (AvgIpc) is 3.04. The molecular weight excluding hydrogens is 334 g/mol. The zero-order chi connectivity index (χ0) is 17.7. The van der Waals surface area contributed by atoms with E-state index in [9.17, 15) is 5.11 Å². The van der Waals surface area contributed by atoms with E-state index >= 15 is 0 Å². The van der Waals surface area contributed by atoms with Crippen molar-refractivity contribution in [1.82, 2.24) is 14.8 Å². The molecule has 130 valence electrons. The van der Waals surface area contributed by atoms with Gasteiger partial charge in [-0.3, -0.25) is 5.10 Å². The van der Waals surface area contributed by atoms with Crippen LogP contribution in [-0.2, 0) is 16.9 Å². The van der Waals surface area contributed by atoms with Crippen LogP contribution in [0.25, 0.3) is 0 Å². The molecule has 0 saturated carbocycles. The van der Waals surface area contributed by atoms with E-state index in [2.05, 4.69) is 10.2 Å². The maximum atomic E-state index is 11.8. The Balaban J connectivity index is 2.16. The van der Waals surface area contributed by atoms with Crippen LogP contribution >= 0.6 is 12.2 Å². The number of benzene rings is 2. The number of aromatic amines is 1. The molecule has 3 rings (SSSR count). The number of ether oxygens (including phenoxy) is 1. The van der Waals surface area contributed by atoms with Gasteiger partial charge >= 0.3 is 0 Å². The lowest BCUT2D eigenvalue weighted by Crippen LogP contribution is -2.33. The predicted molar refractivity (Wildman–Crippen MR) is 98.9 cm³/mol. The van der Waals surface area contributed by atoms with Gasteiger partial charge in [-0.2, -0.15) is 5.10 Å². The highest BCUT2D eigenvalue weighted by atomic mass is 32.1. The standard InChI is InChI=1S/C19H21N3O2S/c1-24-14-8-13-22-17(20-21-18(22)25)19(23,15-9-4-2-5-10-15)16-11-6-3-7-12-16/h2-7,9-12,23H,8,13-14H2,1H3,(H,21,25). The minimum absolute atomic E-state index is 0.478. The molecule has 0 aliphatic rings. The lowest BCUT2D eigenvalue weighted by Gasteiger charge is -2.29. The molecule has 0 radical (unpaired) electrons. The summed E-state index contributed by atoms with van der Waals surface area (Å²) >= 11 is 5.38. The molecule has 5 nitrogen and oxygen atoms in total. The molecule has 1 heterocycles. The summed E-state index contributed by atoms with van der Waals surface area (Å²) in [6.07, 6.45) is 0.775. The lowest BCUT2D eigenvalue weighted by molar-refractivity contribution is 0.109. The fourth-order valence-electron chi connectivity index (χ4n) is 2.95. The Labute approximate surface area is 151 Å². The summed E-state index contributed by atoms with van der Waals surface area (Å²) in [6, 6.07) is 19.0. The van der Waals surface area contributed by atoms with Crippen molar-refractivity contribution in [3.8, 4) is 0 Å². The number of hydrogen-bond donors (Lipinski definition) is 2. The van der Waals surface area contributed by atoms with Crippen LogP contribution in [0.2, 0.25) is 0 Å². The summed E-state index contributed by atoms with van der Waals surface area (Å²) in [5.74, 6) is 0.478. The summed E-state index contributed by atoms with van der Waals surface area (Å²) < 4.78 is 7.46. The number of aliphatic hydroxyl groups is 1. The van der Waals surface area contributed by atoms with Gasteiger partial charge in [0, 0.05) is 20.3 Å². The van der Waals surface area contributed by atoms with Gasteiger partial charge in [-0.05, 0) is 29.8 Å². The summed E-state index contributed by atoms with van der Waals surface area (Å²) in [7, 11) is 1.67. The second-order valence-electron chi connectivity index (χ2n) is 5.79. The third-order valence-electron chi connectivity index (χ3n) is 4.20. The van der Waals surface area contributed by atoms with Gasteiger partial charge in [0.05, 0.1) is 0 Å². The maximum Gasteiger partial charge on any atom is 0.195 e. The van der Waals surface area contributed by atoms with Crippen molar-refractivity contribution < 1.29 is 9.84 Å². The topological polar surface area (TPSA) is 63.1 Å². The predicted octanol–water partition coefficient (Wildman–Crippen LogP) is 3.26. The van der Waals surface area contributed by atoms with Gasteiger partial charge in [0.25, 0.3) is 0 Å². The molecule has 2 N–H and O–H groups in total. The van der Waals surface area contributed by atoms with E-state index in [4.69, 9.17) is 17.0 Å². The van der Waals surface area contributed by atoms with Crippen LogP contribution in [0.5, 0.6) is 0 Å². The van der Waals surface area contributed by atoms with Crippen LogP contribution in [-0.4, -0.2) is 33.6 Å². The van der Waals surface area contributed by atoms with Crippen LogP contribution in [0.4, 0.5) is 0 Å². The average molecular weight is 355 g/mol. The molecule has 0 aliphatic carbocycles. The van der Waals surface area contributed by atoms with Crippen LogP contribution in [0.1, 0.15) is 23.4 Å². The highest BCUT2D eigenvalue weighted by molar-refractivity contribution is 7.71. The highest BCUT2D eigenvalue weighted by Crippen LogP contribution is 2.35. The first-order valence-electron chi connectivity index (χ1n) is 8.16. The maximum absolute atomic E-state index is 11.8. The Morgan fingerprint density at radius 1 is 1.08 bits per heavy atom. The Morgan fingerprint density at radius 3 is 2.16 bits per heavy atom. The Kier molecular flexibility index (Phi) is 5.43. The summed E-state index contributed by atoms with van der Waals surface area (Å²) in [5.41, 5.74) is 0.0785. The Morgan fingerprint density at radius 2 is 1.64 bits per heavy atom. The van der Waals surface area contributed by atoms with Gasteiger partial charge in [-0.1, -0.05) is 60.7 Å². The van der Waals surface area contributed by atoms with Crippen molar-refractivity contribution in [3.63, 3.8) is 0 Å². The minimum atomic E-state index is -1.40. The quantitative estimate of drug-likeness (QED) is 0.504. The Hall–Kier alpha value is -2.28. The van der Waals surface area contributed by atoms with Crippen LogP contribution < -0.4 is 0 Å². The number of aromatic nitrogens is 3. The molecule has 6 heteroatoms. The third-order valence-corrected chi connectivity index (χ3v) is 4.51. The van der Waals surface area contributed by atoms with Gasteiger partial charge in [0.1, 0.15) is 0 Å². The summed E-state index contributed by atoms with van der Waals surface area (Å²) in [5, 5.41) is 19.0. The second-order valence-corrected chi connectivity index (χ2v) is 6.18. The molecule has 1 aromatic heterocycles. The fraction of sp³-hybridized carbons (Fsp3) is 0.263. The van der Waals surface area contributed by atoms with Crippen LogP contribution in [0, 0.1) is 4.77 Å². The molecule has 0 bridgehead atoms. The van der Waals surface area contributed by atoms with E-state index in [0.717, 1.165) is 17.5 Å². The van der Waals surface area contributed by atoms with Gasteiger partial charge in [0.2, 0.25) is 0 Å². The zero-order valence-electron chi connectivity index (χ0n) is 14.1. The van der Waals surface area contributed by atoms with Gasteiger partial charge < -0.3 is 14.4 Å². The number of rotatable bonds is 7. The van der Waals surface area contributed by atoms with Crippen molar-refractivity contribution in [2.45, 2.75) is 18.6 Å². The first-order valence-corrected chi connectivity index (χ1v) is 8.56. The first-order chi connectivity index (χ1) is 12.2.